The van der Waals surface area contributed by atoms with Crippen LogP contribution in [0.1, 0.15) is 18.4 Å². The SMILES string of the molecule is O=S(=O)(/C=C/c1ccccc1)Nc1ccc(OC2CCN(c3ccncc3)CC2)cc1. The lowest BCUT2D eigenvalue weighted by atomic mass is 10.1. The van der Waals surface area contributed by atoms with Gasteiger partial charge in [-0.1, -0.05) is 30.3 Å². The summed E-state index contributed by atoms with van der Waals surface area (Å²) in [5.74, 6) is 0.741. The maximum absolute atomic E-state index is 12.3. The molecular formula is C24H25N3O3S. The summed E-state index contributed by atoms with van der Waals surface area (Å²) < 4.78 is 33.2. The van der Waals surface area contributed by atoms with Crippen LogP contribution in [0.5, 0.6) is 5.75 Å². The van der Waals surface area contributed by atoms with Gasteiger partial charge in [-0.05, 0) is 48.0 Å². The lowest BCUT2D eigenvalue weighted by Crippen LogP contribution is -2.38. The molecule has 0 radical (unpaired) electrons. The minimum atomic E-state index is -3.59. The molecule has 1 fully saturated rings. The van der Waals surface area contributed by atoms with Crippen LogP contribution >= 0.6 is 0 Å². The molecule has 7 heteroatoms. The van der Waals surface area contributed by atoms with E-state index in [-0.39, 0.29) is 6.10 Å². The van der Waals surface area contributed by atoms with Gasteiger partial charge in [0.1, 0.15) is 11.9 Å². The number of anilines is 2. The first kappa shape index (κ1) is 20.9. The second-order valence-corrected chi connectivity index (χ2v) is 8.96. The molecule has 0 saturated carbocycles. The third-order valence-corrected chi connectivity index (χ3v) is 6.14. The number of nitrogens with one attached hydrogen (secondary N) is 1. The summed E-state index contributed by atoms with van der Waals surface area (Å²) in [4.78, 5) is 6.40. The molecule has 0 aliphatic carbocycles. The Bertz CT molecular complexity index is 1090. The van der Waals surface area contributed by atoms with Crippen LogP contribution in [0.15, 0.2) is 84.5 Å². The molecule has 160 valence electrons. The van der Waals surface area contributed by atoms with Crippen molar-refractivity contribution in [2.45, 2.75) is 18.9 Å². The number of benzene rings is 2. The van der Waals surface area contributed by atoms with Crippen molar-refractivity contribution in [3.8, 4) is 5.75 Å². The van der Waals surface area contributed by atoms with E-state index in [2.05, 4.69) is 14.6 Å². The fourth-order valence-corrected chi connectivity index (χ4v) is 4.38. The number of nitrogens with zero attached hydrogens (tertiary/aromatic N) is 2. The largest absolute Gasteiger partial charge is 0.490 e. The highest BCUT2D eigenvalue weighted by atomic mass is 32.2. The fourth-order valence-electron chi connectivity index (χ4n) is 3.51. The Morgan fingerprint density at radius 1 is 0.935 bits per heavy atom. The number of hydrogen-bond donors (Lipinski definition) is 1. The van der Waals surface area contributed by atoms with Gasteiger partial charge >= 0.3 is 0 Å². The van der Waals surface area contributed by atoms with Gasteiger partial charge in [-0.25, -0.2) is 8.42 Å². The third-order valence-electron chi connectivity index (χ3n) is 5.13. The highest BCUT2D eigenvalue weighted by molar-refractivity contribution is 7.95. The molecule has 1 aromatic heterocycles. The Morgan fingerprint density at radius 3 is 2.29 bits per heavy atom. The third kappa shape index (κ3) is 6.08. The molecule has 0 bridgehead atoms. The number of sulfonamides is 1. The standard InChI is InChI=1S/C24H25N3O3S/c28-31(29,19-14-20-4-2-1-3-5-20)26-21-6-8-23(9-7-21)30-24-12-17-27(18-13-24)22-10-15-25-16-11-22/h1-11,14-16,19,24,26H,12-13,17-18H2/b19-14+. The first-order valence-corrected chi connectivity index (χ1v) is 11.8. The van der Waals surface area contributed by atoms with E-state index in [1.807, 2.05) is 54.9 Å². The summed E-state index contributed by atoms with van der Waals surface area (Å²) in [5.41, 5.74) is 2.51. The number of rotatable bonds is 7. The maximum Gasteiger partial charge on any atom is 0.255 e. The summed E-state index contributed by atoms with van der Waals surface area (Å²) >= 11 is 0. The van der Waals surface area contributed by atoms with Crippen molar-refractivity contribution in [3.05, 3.63) is 90.1 Å². The second kappa shape index (κ2) is 9.66. The molecular weight excluding hydrogens is 410 g/mol. The van der Waals surface area contributed by atoms with Crippen molar-refractivity contribution in [2.75, 3.05) is 22.7 Å². The van der Waals surface area contributed by atoms with Gasteiger partial charge in [0.2, 0.25) is 0 Å². The Labute approximate surface area is 183 Å². The van der Waals surface area contributed by atoms with E-state index in [0.29, 0.717) is 5.69 Å². The summed E-state index contributed by atoms with van der Waals surface area (Å²) in [6.07, 6.45) is 7.20. The van der Waals surface area contributed by atoms with Gasteiger partial charge in [0, 0.05) is 49.7 Å². The highest BCUT2D eigenvalue weighted by Crippen LogP contribution is 2.24. The van der Waals surface area contributed by atoms with Gasteiger partial charge in [0.25, 0.3) is 10.0 Å². The van der Waals surface area contributed by atoms with Crippen molar-refractivity contribution < 1.29 is 13.2 Å². The van der Waals surface area contributed by atoms with Crippen LogP contribution in [0.3, 0.4) is 0 Å². The fraction of sp³-hybridized carbons (Fsp3) is 0.208. The number of ether oxygens (including phenoxy) is 1. The number of piperidine rings is 1. The van der Waals surface area contributed by atoms with Crippen molar-refractivity contribution in [1.82, 2.24) is 4.98 Å². The quantitative estimate of drug-likeness (QED) is 0.590. The predicted octanol–water partition coefficient (Wildman–Crippen LogP) is 4.54. The molecule has 0 amide bonds. The zero-order chi connectivity index (χ0) is 21.5. The van der Waals surface area contributed by atoms with Gasteiger partial charge in [0.05, 0.1) is 5.41 Å². The van der Waals surface area contributed by atoms with E-state index in [1.54, 1.807) is 30.3 Å². The molecule has 0 spiro atoms. The Hall–Kier alpha value is -3.32. The number of aromatic nitrogens is 1. The van der Waals surface area contributed by atoms with Crippen LogP contribution in [0.25, 0.3) is 6.08 Å². The minimum absolute atomic E-state index is 0.148. The van der Waals surface area contributed by atoms with Crippen LogP contribution < -0.4 is 14.4 Å². The Kier molecular flexibility index (Phi) is 6.52. The van der Waals surface area contributed by atoms with Crippen LogP contribution in [0, 0.1) is 0 Å². The molecule has 3 aromatic rings. The first-order valence-electron chi connectivity index (χ1n) is 10.3. The first-order chi connectivity index (χ1) is 15.1. The summed E-state index contributed by atoms with van der Waals surface area (Å²) in [5, 5.41) is 1.17. The van der Waals surface area contributed by atoms with E-state index < -0.39 is 10.0 Å². The highest BCUT2D eigenvalue weighted by Gasteiger charge is 2.20. The van der Waals surface area contributed by atoms with Crippen LogP contribution in [-0.4, -0.2) is 32.6 Å². The van der Waals surface area contributed by atoms with Crippen molar-refractivity contribution in [3.63, 3.8) is 0 Å². The van der Waals surface area contributed by atoms with Crippen molar-refractivity contribution >= 4 is 27.5 Å². The van der Waals surface area contributed by atoms with E-state index in [0.717, 1.165) is 37.2 Å². The normalized spacial score (nSPS) is 15.2. The maximum atomic E-state index is 12.3. The van der Waals surface area contributed by atoms with Gasteiger partial charge in [-0.15, -0.1) is 0 Å². The lowest BCUT2D eigenvalue weighted by Gasteiger charge is -2.33. The van der Waals surface area contributed by atoms with E-state index in [4.69, 9.17) is 4.74 Å². The molecule has 1 saturated heterocycles. The monoisotopic (exact) mass is 435 g/mol. The zero-order valence-corrected chi connectivity index (χ0v) is 17.9. The average Bonchev–Trinajstić information content (AvgIpc) is 2.81. The van der Waals surface area contributed by atoms with Crippen molar-refractivity contribution in [2.24, 2.45) is 0 Å². The Balaban J connectivity index is 1.29. The molecule has 2 aromatic carbocycles. The Morgan fingerprint density at radius 2 is 1.61 bits per heavy atom. The van der Waals surface area contributed by atoms with E-state index in [1.165, 1.54) is 11.1 Å². The van der Waals surface area contributed by atoms with Gasteiger partial charge in [-0.3, -0.25) is 9.71 Å². The van der Waals surface area contributed by atoms with Crippen LogP contribution in [0.2, 0.25) is 0 Å². The molecule has 1 N–H and O–H groups in total. The summed E-state index contributed by atoms with van der Waals surface area (Å²) in [7, 11) is -3.59. The summed E-state index contributed by atoms with van der Waals surface area (Å²) in [6, 6.07) is 20.4. The molecule has 2 heterocycles. The number of hydrogen-bond acceptors (Lipinski definition) is 5. The van der Waals surface area contributed by atoms with E-state index in [9.17, 15) is 8.42 Å². The summed E-state index contributed by atoms with van der Waals surface area (Å²) in [6.45, 7) is 1.86. The van der Waals surface area contributed by atoms with Gasteiger partial charge in [0.15, 0.2) is 0 Å². The molecule has 0 atom stereocenters. The predicted molar refractivity (Wildman–Crippen MR) is 125 cm³/mol. The smallest absolute Gasteiger partial charge is 0.255 e. The molecule has 0 unspecified atom stereocenters. The second-order valence-electron chi connectivity index (χ2n) is 7.39. The van der Waals surface area contributed by atoms with Crippen LogP contribution in [0.4, 0.5) is 11.4 Å². The van der Waals surface area contributed by atoms with Gasteiger partial charge in [-0.2, -0.15) is 0 Å². The molecule has 6 nitrogen and oxygen atoms in total. The minimum Gasteiger partial charge on any atom is -0.490 e. The average molecular weight is 436 g/mol. The molecule has 31 heavy (non-hydrogen) atoms. The number of pyridine rings is 1. The zero-order valence-electron chi connectivity index (χ0n) is 17.1. The lowest BCUT2D eigenvalue weighted by molar-refractivity contribution is 0.171. The molecule has 1 aliphatic rings. The van der Waals surface area contributed by atoms with Crippen LogP contribution in [-0.2, 0) is 10.0 Å². The van der Waals surface area contributed by atoms with Gasteiger partial charge < -0.3 is 9.64 Å². The van der Waals surface area contributed by atoms with Crippen molar-refractivity contribution in [1.29, 1.82) is 0 Å². The van der Waals surface area contributed by atoms with E-state index >= 15 is 0 Å². The topological polar surface area (TPSA) is 71.5 Å². The molecule has 4 rings (SSSR count). The molecule has 1 aliphatic heterocycles.